The maximum atomic E-state index is 12.9. The molecule has 21 heavy (non-hydrogen) atoms. The summed E-state index contributed by atoms with van der Waals surface area (Å²) in [7, 11) is 1.83. The number of carbonyl (C=O) groups excluding carboxylic acids is 1. The lowest BCUT2D eigenvalue weighted by atomic mass is 9.93. The van der Waals surface area contributed by atoms with Crippen molar-refractivity contribution in [3.8, 4) is 0 Å². The number of rotatable bonds is 4. The van der Waals surface area contributed by atoms with Gasteiger partial charge in [-0.05, 0) is 56.5 Å². The van der Waals surface area contributed by atoms with Crippen molar-refractivity contribution >= 4 is 18.3 Å². The Labute approximate surface area is 132 Å². The maximum Gasteiger partial charge on any atom is 0.223 e. The van der Waals surface area contributed by atoms with Gasteiger partial charge in [0.1, 0.15) is 5.82 Å². The Bertz CT molecular complexity index is 446. The highest BCUT2D eigenvalue weighted by Gasteiger charge is 2.22. The minimum absolute atomic E-state index is 0. The highest BCUT2D eigenvalue weighted by molar-refractivity contribution is 5.85. The van der Waals surface area contributed by atoms with Crippen molar-refractivity contribution in [2.75, 3.05) is 20.1 Å². The van der Waals surface area contributed by atoms with Crippen LogP contribution in [0.5, 0.6) is 0 Å². The van der Waals surface area contributed by atoms with Crippen LogP contribution in [0.2, 0.25) is 0 Å². The van der Waals surface area contributed by atoms with E-state index in [4.69, 9.17) is 0 Å². The highest BCUT2D eigenvalue weighted by Crippen LogP contribution is 2.23. The molecule has 1 aromatic carbocycles. The summed E-state index contributed by atoms with van der Waals surface area (Å²) in [6.07, 6.45) is 2.76. The summed E-state index contributed by atoms with van der Waals surface area (Å²) in [4.78, 5) is 14.1. The fraction of sp³-hybridized carbons (Fsp3) is 0.562. The normalized spacial score (nSPS) is 16.9. The minimum Gasteiger partial charge on any atom is -0.339 e. The van der Waals surface area contributed by atoms with Crippen molar-refractivity contribution in [3.63, 3.8) is 0 Å². The van der Waals surface area contributed by atoms with Crippen LogP contribution in [0.25, 0.3) is 0 Å². The zero-order valence-electron chi connectivity index (χ0n) is 12.6. The molecule has 5 heteroatoms. The fourth-order valence-corrected chi connectivity index (χ4v) is 2.66. The predicted molar refractivity (Wildman–Crippen MR) is 85.0 cm³/mol. The monoisotopic (exact) mass is 314 g/mol. The second-order valence-corrected chi connectivity index (χ2v) is 5.63. The van der Waals surface area contributed by atoms with Gasteiger partial charge in [0.2, 0.25) is 5.91 Å². The molecule has 1 unspecified atom stereocenters. The Morgan fingerprint density at radius 2 is 1.90 bits per heavy atom. The van der Waals surface area contributed by atoms with E-state index in [1.807, 2.05) is 14.0 Å². The molecule has 1 N–H and O–H groups in total. The molecule has 2 rings (SSSR count). The van der Waals surface area contributed by atoms with Crippen molar-refractivity contribution < 1.29 is 9.18 Å². The number of hydrogen-bond acceptors (Lipinski definition) is 2. The van der Waals surface area contributed by atoms with Gasteiger partial charge in [-0.15, -0.1) is 12.4 Å². The zero-order chi connectivity index (χ0) is 14.5. The number of amides is 1. The lowest BCUT2D eigenvalue weighted by Crippen LogP contribution is -2.34. The number of nitrogens with zero attached hydrogens (tertiary/aromatic N) is 1. The van der Waals surface area contributed by atoms with E-state index in [9.17, 15) is 9.18 Å². The Balaban J connectivity index is 0.00000220. The van der Waals surface area contributed by atoms with Crippen molar-refractivity contribution in [2.24, 2.45) is 5.92 Å². The molecule has 1 saturated heterocycles. The van der Waals surface area contributed by atoms with Gasteiger partial charge in [-0.25, -0.2) is 4.39 Å². The summed E-state index contributed by atoms with van der Waals surface area (Å²) in [6.45, 7) is 4.00. The third-order valence-corrected chi connectivity index (χ3v) is 4.25. The molecule has 0 aliphatic carbocycles. The Kier molecular flexibility index (Phi) is 7.12. The molecule has 3 nitrogen and oxygen atoms in total. The van der Waals surface area contributed by atoms with Crippen LogP contribution in [-0.4, -0.2) is 30.9 Å². The van der Waals surface area contributed by atoms with E-state index in [2.05, 4.69) is 5.32 Å². The lowest BCUT2D eigenvalue weighted by Gasteiger charge is -2.29. The van der Waals surface area contributed by atoms with Gasteiger partial charge in [0.05, 0.1) is 6.04 Å². The van der Waals surface area contributed by atoms with Gasteiger partial charge >= 0.3 is 0 Å². The molecule has 1 aromatic rings. The van der Waals surface area contributed by atoms with Gasteiger partial charge in [0, 0.05) is 13.5 Å². The quantitative estimate of drug-likeness (QED) is 0.926. The Morgan fingerprint density at radius 1 is 1.33 bits per heavy atom. The molecular weight excluding hydrogens is 291 g/mol. The van der Waals surface area contributed by atoms with Crippen molar-refractivity contribution in [1.29, 1.82) is 0 Å². The third kappa shape index (κ3) is 4.97. The molecule has 0 aromatic heterocycles. The van der Waals surface area contributed by atoms with Crippen LogP contribution in [0.4, 0.5) is 4.39 Å². The number of benzene rings is 1. The van der Waals surface area contributed by atoms with Crippen LogP contribution in [0.15, 0.2) is 24.3 Å². The average molecular weight is 315 g/mol. The zero-order valence-corrected chi connectivity index (χ0v) is 13.5. The molecule has 1 aliphatic heterocycles. The van der Waals surface area contributed by atoms with E-state index in [-0.39, 0.29) is 30.2 Å². The number of carbonyl (C=O) groups is 1. The predicted octanol–water partition coefficient (Wildman–Crippen LogP) is 3.16. The summed E-state index contributed by atoms with van der Waals surface area (Å²) in [6, 6.07) is 6.35. The van der Waals surface area contributed by atoms with Crippen LogP contribution in [0.3, 0.4) is 0 Å². The van der Waals surface area contributed by atoms with Gasteiger partial charge in [-0.1, -0.05) is 12.1 Å². The number of halogens is 2. The van der Waals surface area contributed by atoms with Gasteiger partial charge in [-0.2, -0.15) is 0 Å². The summed E-state index contributed by atoms with van der Waals surface area (Å²) in [5.41, 5.74) is 0.965. The summed E-state index contributed by atoms with van der Waals surface area (Å²) < 4.78 is 12.9. The van der Waals surface area contributed by atoms with Crippen molar-refractivity contribution in [3.05, 3.63) is 35.6 Å². The van der Waals surface area contributed by atoms with Crippen LogP contribution >= 0.6 is 12.4 Å². The summed E-state index contributed by atoms with van der Waals surface area (Å²) in [5, 5.41) is 3.31. The van der Waals surface area contributed by atoms with E-state index >= 15 is 0 Å². The second kappa shape index (κ2) is 8.35. The third-order valence-electron chi connectivity index (χ3n) is 4.25. The van der Waals surface area contributed by atoms with Crippen LogP contribution in [-0.2, 0) is 4.79 Å². The minimum atomic E-state index is -0.246. The number of nitrogens with one attached hydrogen (secondary N) is 1. The molecule has 0 radical (unpaired) electrons. The van der Waals surface area contributed by atoms with Crippen molar-refractivity contribution in [1.82, 2.24) is 10.2 Å². The number of piperidine rings is 1. The molecule has 1 heterocycles. The maximum absolute atomic E-state index is 12.9. The van der Waals surface area contributed by atoms with Crippen LogP contribution in [0.1, 0.15) is 37.8 Å². The summed E-state index contributed by atoms with van der Waals surface area (Å²) >= 11 is 0. The molecule has 1 amide bonds. The molecule has 1 fully saturated rings. The van der Waals surface area contributed by atoms with Crippen molar-refractivity contribution in [2.45, 2.75) is 32.2 Å². The van der Waals surface area contributed by atoms with E-state index in [1.54, 1.807) is 17.0 Å². The first-order chi connectivity index (χ1) is 9.58. The Hall–Kier alpha value is -1.13. The fourth-order valence-electron chi connectivity index (χ4n) is 2.66. The SMILES string of the molecule is CC(c1ccc(F)cc1)N(C)C(=O)CC1CCNCC1.Cl. The number of hydrogen-bond donors (Lipinski definition) is 1. The van der Waals surface area contributed by atoms with E-state index in [1.165, 1.54) is 12.1 Å². The van der Waals surface area contributed by atoms with Gasteiger partial charge < -0.3 is 10.2 Å². The smallest absolute Gasteiger partial charge is 0.223 e. The highest BCUT2D eigenvalue weighted by atomic mass is 35.5. The van der Waals surface area contributed by atoms with E-state index < -0.39 is 0 Å². The van der Waals surface area contributed by atoms with Crippen LogP contribution in [0, 0.1) is 11.7 Å². The van der Waals surface area contributed by atoms with E-state index in [0.29, 0.717) is 12.3 Å². The van der Waals surface area contributed by atoms with Gasteiger partial charge in [-0.3, -0.25) is 4.79 Å². The molecular formula is C16H24ClFN2O. The van der Waals surface area contributed by atoms with E-state index in [0.717, 1.165) is 31.5 Å². The molecule has 0 saturated carbocycles. The molecule has 0 bridgehead atoms. The first-order valence-corrected chi connectivity index (χ1v) is 7.29. The Morgan fingerprint density at radius 3 is 2.48 bits per heavy atom. The second-order valence-electron chi connectivity index (χ2n) is 5.63. The van der Waals surface area contributed by atoms with Gasteiger partial charge in [0.15, 0.2) is 0 Å². The standard InChI is InChI=1S/C16H23FN2O.ClH/c1-12(14-3-5-15(17)6-4-14)19(2)16(20)11-13-7-9-18-10-8-13;/h3-6,12-13,18H,7-11H2,1-2H3;1H. The van der Waals surface area contributed by atoms with Crippen LogP contribution < -0.4 is 5.32 Å². The average Bonchev–Trinajstić information content (AvgIpc) is 2.47. The molecule has 118 valence electrons. The summed E-state index contributed by atoms with van der Waals surface area (Å²) in [5.74, 6) is 0.421. The largest absolute Gasteiger partial charge is 0.339 e. The molecule has 1 aliphatic rings. The molecule has 0 spiro atoms. The lowest BCUT2D eigenvalue weighted by molar-refractivity contribution is -0.133. The molecule has 1 atom stereocenters. The van der Waals surface area contributed by atoms with Gasteiger partial charge in [0.25, 0.3) is 0 Å². The first-order valence-electron chi connectivity index (χ1n) is 7.29. The topological polar surface area (TPSA) is 32.3 Å². The first kappa shape index (κ1) is 17.9.